The molecule has 0 aliphatic heterocycles. The van der Waals surface area contributed by atoms with E-state index in [-0.39, 0.29) is 5.41 Å². The lowest BCUT2D eigenvalue weighted by Gasteiger charge is -2.17. The maximum atomic E-state index is 11.2. The van der Waals surface area contributed by atoms with Gasteiger partial charge in [0.25, 0.3) is 0 Å². The molecule has 1 heterocycles. The van der Waals surface area contributed by atoms with Crippen molar-refractivity contribution in [3.8, 4) is 0 Å². The molecule has 1 aromatic rings. The van der Waals surface area contributed by atoms with Crippen molar-refractivity contribution in [2.75, 3.05) is 11.9 Å². The van der Waals surface area contributed by atoms with Crippen molar-refractivity contribution in [2.24, 2.45) is 5.41 Å². The summed E-state index contributed by atoms with van der Waals surface area (Å²) >= 11 is 0. The van der Waals surface area contributed by atoms with Gasteiger partial charge in [-0.25, -0.2) is 4.79 Å². The molecule has 14 heavy (non-hydrogen) atoms. The first-order chi connectivity index (χ1) is 6.47. The minimum absolute atomic E-state index is 0.0273. The van der Waals surface area contributed by atoms with Gasteiger partial charge in [-0.2, -0.15) is 0 Å². The maximum Gasteiger partial charge on any atom is 0.413 e. The second kappa shape index (κ2) is 4.17. The Kier molecular flexibility index (Phi) is 3.17. The molecule has 4 nitrogen and oxygen atoms in total. The van der Waals surface area contributed by atoms with E-state index in [1.807, 2.05) is 20.8 Å². The Hall–Kier alpha value is -1.45. The number of nitrogens with one attached hydrogen (secondary N) is 1. The van der Waals surface area contributed by atoms with Gasteiger partial charge in [0.15, 0.2) is 0 Å². The van der Waals surface area contributed by atoms with Crippen molar-refractivity contribution < 1.29 is 13.9 Å². The van der Waals surface area contributed by atoms with E-state index in [1.165, 1.54) is 6.26 Å². The van der Waals surface area contributed by atoms with E-state index in [0.29, 0.717) is 12.5 Å². The highest BCUT2D eigenvalue weighted by molar-refractivity contribution is 5.82. The van der Waals surface area contributed by atoms with E-state index >= 15 is 0 Å². The topological polar surface area (TPSA) is 51.5 Å². The van der Waals surface area contributed by atoms with E-state index in [9.17, 15) is 4.79 Å². The Balaban J connectivity index is 2.30. The molecule has 0 saturated heterocycles. The van der Waals surface area contributed by atoms with Gasteiger partial charge >= 0.3 is 6.09 Å². The van der Waals surface area contributed by atoms with Gasteiger partial charge in [0, 0.05) is 6.07 Å². The minimum atomic E-state index is -0.491. The molecule has 0 aromatic carbocycles. The monoisotopic (exact) mass is 197 g/mol. The number of carbonyl (C=O) groups is 1. The van der Waals surface area contributed by atoms with Gasteiger partial charge < -0.3 is 9.15 Å². The fourth-order valence-electron chi connectivity index (χ4n) is 0.768. The summed E-state index contributed by atoms with van der Waals surface area (Å²) in [6.45, 7) is 6.35. The van der Waals surface area contributed by atoms with E-state index in [2.05, 4.69) is 5.32 Å². The second-order valence-electron chi connectivity index (χ2n) is 4.24. The van der Waals surface area contributed by atoms with E-state index in [1.54, 1.807) is 12.1 Å². The molecule has 0 spiro atoms. The Morgan fingerprint density at radius 2 is 2.29 bits per heavy atom. The molecule has 0 aliphatic rings. The summed E-state index contributed by atoms with van der Waals surface area (Å²) < 4.78 is 9.89. The van der Waals surface area contributed by atoms with Crippen molar-refractivity contribution in [1.82, 2.24) is 0 Å². The predicted octanol–water partition coefficient (Wildman–Crippen LogP) is 2.87. The van der Waals surface area contributed by atoms with Crippen molar-refractivity contribution in [1.29, 1.82) is 0 Å². The summed E-state index contributed by atoms with van der Waals surface area (Å²) in [6, 6.07) is 3.34. The highest BCUT2D eigenvalue weighted by atomic mass is 16.6. The van der Waals surface area contributed by atoms with Crippen LogP contribution in [0.3, 0.4) is 0 Å². The van der Waals surface area contributed by atoms with Crippen LogP contribution in [0, 0.1) is 5.41 Å². The number of ether oxygens (including phenoxy) is 1. The first-order valence-corrected chi connectivity index (χ1v) is 4.45. The lowest BCUT2D eigenvalue weighted by atomic mass is 9.99. The van der Waals surface area contributed by atoms with Crippen molar-refractivity contribution in [2.45, 2.75) is 20.8 Å². The SMILES string of the molecule is CC(C)(C)COC(=O)Nc1ccco1. The van der Waals surface area contributed by atoms with E-state index in [0.717, 1.165) is 0 Å². The Morgan fingerprint density at radius 1 is 1.57 bits per heavy atom. The first kappa shape index (κ1) is 10.6. The van der Waals surface area contributed by atoms with Crippen LogP contribution in [0.1, 0.15) is 20.8 Å². The molecule has 1 amide bonds. The van der Waals surface area contributed by atoms with Crippen LogP contribution in [0.15, 0.2) is 22.8 Å². The van der Waals surface area contributed by atoms with Crippen LogP contribution >= 0.6 is 0 Å². The quantitative estimate of drug-likeness (QED) is 0.793. The van der Waals surface area contributed by atoms with Crippen LogP contribution < -0.4 is 5.32 Å². The third-order valence-electron chi connectivity index (χ3n) is 1.38. The van der Waals surface area contributed by atoms with Crippen molar-refractivity contribution in [3.63, 3.8) is 0 Å². The molecular weight excluding hydrogens is 182 g/mol. The van der Waals surface area contributed by atoms with Gasteiger partial charge in [0.2, 0.25) is 5.88 Å². The molecule has 0 aliphatic carbocycles. The molecule has 1 rings (SSSR count). The highest BCUT2D eigenvalue weighted by Gasteiger charge is 2.13. The Labute approximate surface area is 83.2 Å². The smallest absolute Gasteiger partial charge is 0.413 e. The normalized spacial score (nSPS) is 11.1. The van der Waals surface area contributed by atoms with Crippen LogP contribution in [0.4, 0.5) is 10.7 Å². The average Bonchev–Trinajstić information content (AvgIpc) is 2.52. The molecule has 1 aromatic heterocycles. The molecular formula is C10H15NO3. The molecule has 1 N–H and O–H groups in total. The van der Waals surface area contributed by atoms with Gasteiger partial charge in [-0.1, -0.05) is 20.8 Å². The zero-order valence-corrected chi connectivity index (χ0v) is 8.66. The molecule has 0 radical (unpaired) electrons. The summed E-state index contributed by atoms with van der Waals surface area (Å²) in [4.78, 5) is 11.2. The Morgan fingerprint density at radius 3 is 2.79 bits per heavy atom. The number of anilines is 1. The molecule has 0 fully saturated rings. The summed E-state index contributed by atoms with van der Waals surface area (Å²) in [6.07, 6.45) is 0.995. The predicted molar refractivity (Wildman–Crippen MR) is 53.1 cm³/mol. The fourth-order valence-corrected chi connectivity index (χ4v) is 0.768. The van der Waals surface area contributed by atoms with E-state index in [4.69, 9.17) is 9.15 Å². The van der Waals surface area contributed by atoms with Gasteiger partial charge in [0.05, 0.1) is 12.9 Å². The standard InChI is InChI=1S/C10H15NO3/c1-10(2,3)7-14-9(12)11-8-5-4-6-13-8/h4-6H,7H2,1-3H3,(H,11,12). The number of rotatable bonds is 2. The third-order valence-corrected chi connectivity index (χ3v) is 1.38. The number of carbonyl (C=O) groups excluding carboxylic acids is 1. The zero-order chi connectivity index (χ0) is 10.6. The van der Waals surface area contributed by atoms with Gasteiger partial charge in [0.1, 0.15) is 0 Å². The summed E-state index contributed by atoms with van der Waals surface area (Å²) in [7, 11) is 0. The van der Waals surface area contributed by atoms with Gasteiger partial charge in [-0.3, -0.25) is 5.32 Å². The van der Waals surface area contributed by atoms with Crippen molar-refractivity contribution >= 4 is 12.0 Å². The number of hydrogen-bond donors (Lipinski definition) is 1. The van der Waals surface area contributed by atoms with Gasteiger partial charge in [-0.15, -0.1) is 0 Å². The molecule has 0 atom stereocenters. The van der Waals surface area contributed by atoms with Gasteiger partial charge in [-0.05, 0) is 11.5 Å². The largest absolute Gasteiger partial charge is 0.449 e. The highest BCUT2D eigenvalue weighted by Crippen LogP contribution is 2.13. The Bertz CT molecular complexity index is 285. The zero-order valence-electron chi connectivity index (χ0n) is 8.66. The summed E-state index contributed by atoms with van der Waals surface area (Å²) in [5, 5.41) is 2.47. The molecule has 0 saturated carbocycles. The molecule has 78 valence electrons. The van der Waals surface area contributed by atoms with Crippen LogP contribution in [0.2, 0.25) is 0 Å². The van der Waals surface area contributed by atoms with E-state index < -0.39 is 6.09 Å². The molecule has 0 unspecified atom stereocenters. The summed E-state index contributed by atoms with van der Waals surface area (Å²) in [5.74, 6) is 0.393. The maximum absolute atomic E-state index is 11.2. The summed E-state index contributed by atoms with van der Waals surface area (Å²) in [5.41, 5.74) is -0.0273. The second-order valence-corrected chi connectivity index (χ2v) is 4.24. The number of amides is 1. The van der Waals surface area contributed by atoms with Crippen LogP contribution in [-0.4, -0.2) is 12.7 Å². The number of furan rings is 1. The average molecular weight is 197 g/mol. The lowest BCUT2D eigenvalue weighted by Crippen LogP contribution is -2.21. The fraction of sp³-hybridized carbons (Fsp3) is 0.500. The van der Waals surface area contributed by atoms with Crippen LogP contribution in [0.5, 0.6) is 0 Å². The van der Waals surface area contributed by atoms with Crippen LogP contribution in [-0.2, 0) is 4.74 Å². The van der Waals surface area contributed by atoms with Crippen molar-refractivity contribution in [3.05, 3.63) is 18.4 Å². The minimum Gasteiger partial charge on any atom is -0.449 e. The molecule has 0 bridgehead atoms. The first-order valence-electron chi connectivity index (χ1n) is 4.45. The number of hydrogen-bond acceptors (Lipinski definition) is 3. The third kappa shape index (κ3) is 3.98. The lowest BCUT2D eigenvalue weighted by molar-refractivity contribution is 0.118. The molecule has 4 heteroatoms. The van der Waals surface area contributed by atoms with Crippen LogP contribution in [0.25, 0.3) is 0 Å².